The minimum Gasteiger partial charge on any atom is -0.496 e. The molecule has 5 heteroatoms. The second kappa shape index (κ2) is 6.52. The van der Waals surface area contributed by atoms with Crippen molar-refractivity contribution in [2.45, 2.75) is 13.5 Å². The van der Waals surface area contributed by atoms with Gasteiger partial charge in [0.2, 0.25) is 0 Å². The van der Waals surface area contributed by atoms with Gasteiger partial charge in [-0.1, -0.05) is 18.2 Å². The Labute approximate surface area is 99.7 Å². The molecule has 0 saturated carbocycles. The highest BCUT2D eigenvalue weighted by molar-refractivity contribution is 6.32. The number of nitrogens with one attached hydrogen (secondary N) is 1. The Kier molecular flexibility index (Phi) is 5.00. The predicted octanol–water partition coefficient (Wildman–Crippen LogP) is 0.874. The van der Waals surface area contributed by atoms with E-state index in [-0.39, 0.29) is 13.2 Å². The normalized spacial score (nSPS) is 9.53. The lowest BCUT2D eigenvalue weighted by atomic mass is 10.2. The van der Waals surface area contributed by atoms with Gasteiger partial charge in [0.05, 0.1) is 13.7 Å². The highest BCUT2D eigenvalue weighted by Gasteiger charge is 2.14. The average Bonchev–Trinajstić information content (AvgIpc) is 2.36. The van der Waals surface area contributed by atoms with Gasteiger partial charge in [0.15, 0.2) is 0 Å². The van der Waals surface area contributed by atoms with Crippen LogP contribution in [0, 0.1) is 0 Å². The SMILES string of the molecule is CCOC(=O)C(=O)NCc1ccccc1OC. The Bertz CT molecular complexity index is 403. The molecule has 0 bridgehead atoms. The quantitative estimate of drug-likeness (QED) is 0.623. The van der Waals surface area contributed by atoms with E-state index in [0.717, 1.165) is 5.56 Å². The average molecular weight is 237 g/mol. The number of hydrogen-bond donors (Lipinski definition) is 1. The second-order valence-electron chi connectivity index (χ2n) is 3.21. The van der Waals surface area contributed by atoms with Crippen LogP contribution in [0.1, 0.15) is 12.5 Å². The lowest BCUT2D eigenvalue weighted by Gasteiger charge is -2.08. The molecule has 1 amide bonds. The standard InChI is InChI=1S/C12H15NO4/c1-3-17-12(15)11(14)13-8-9-6-4-5-7-10(9)16-2/h4-7H,3,8H2,1-2H3,(H,13,14). The summed E-state index contributed by atoms with van der Waals surface area (Å²) >= 11 is 0. The lowest BCUT2D eigenvalue weighted by molar-refractivity contribution is -0.154. The lowest BCUT2D eigenvalue weighted by Crippen LogP contribution is -2.32. The summed E-state index contributed by atoms with van der Waals surface area (Å²) in [5, 5.41) is 2.46. The third kappa shape index (κ3) is 3.79. The molecule has 0 radical (unpaired) electrons. The Hall–Kier alpha value is -2.04. The molecule has 0 unspecified atom stereocenters. The minimum absolute atomic E-state index is 0.181. The fourth-order valence-corrected chi connectivity index (χ4v) is 1.29. The van der Waals surface area contributed by atoms with Crippen molar-refractivity contribution in [1.29, 1.82) is 0 Å². The van der Waals surface area contributed by atoms with E-state index in [1.165, 1.54) is 0 Å². The van der Waals surface area contributed by atoms with E-state index in [2.05, 4.69) is 10.1 Å². The van der Waals surface area contributed by atoms with Gasteiger partial charge in [0.1, 0.15) is 5.75 Å². The highest BCUT2D eigenvalue weighted by Crippen LogP contribution is 2.16. The van der Waals surface area contributed by atoms with Crippen molar-refractivity contribution >= 4 is 11.9 Å². The highest BCUT2D eigenvalue weighted by atomic mass is 16.5. The Morgan fingerprint density at radius 3 is 2.65 bits per heavy atom. The van der Waals surface area contributed by atoms with Crippen LogP contribution in [0.3, 0.4) is 0 Å². The van der Waals surface area contributed by atoms with E-state index >= 15 is 0 Å². The van der Waals surface area contributed by atoms with Gasteiger partial charge < -0.3 is 14.8 Å². The summed E-state index contributed by atoms with van der Waals surface area (Å²) in [7, 11) is 1.55. The number of carbonyl (C=O) groups is 2. The molecular formula is C12H15NO4. The van der Waals surface area contributed by atoms with Crippen LogP contribution in [0.25, 0.3) is 0 Å². The maximum Gasteiger partial charge on any atom is 0.396 e. The van der Waals surface area contributed by atoms with Crippen LogP contribution in [0.2, 0.25) is 0 Å². The van der Waals surface area contributed by atoms with E-state index in [1.807, 2.05) is 18.2 Å². The van der Waals surface area contributed by atoms with Gasteiger partial charge in [-0.3, -0.25) is 4.79 Å². The third-order valence-electron chi connectivity index (χ3n) is 2.09. The van der Waals surface area contributed by atoms with Gasteiger partial charge in [-0.05, 0) is 13.0 Å². The summed E-state index contributed by atoms with van der Waals surface area (Å²) < 4.78 is 9.68. The van der Waals surface area contributed by atoms with Crippen molar-refractivity contribution in [2.24, 2.45) is 0 Å². The van der Waals surface area contributed by atoms with Crippen LogP contribution >= 0.6 is 0 Å². The van der Waals surface area contributed by atoms with E-state index in [1.54, 1.807) is 20.1 Å². The zero-order chi connectivity index (χ0) is 12.7. The monoisotopic (exact) mass is 237 g/mol. The summed E-state index contributed by atoms with van der Waals surface area (Å²) in [5.41, 5.74) is 0.799. The molecule has 0 heterocycles. The number of ether oxygens (including phenoxy) is 2. The zero-order valence-electron chi connectivity index (χ0n) is 9.86. The van der Waals surface area contributed by atoms with Crippen molar-refractivity contribution in [3.05, 3.63) is 29.8 Å². The van der Waals surface area contributed by atoms with Crippen LogP contribution in [-0.2, 0) is 20.9 Å². The number of benzene rings is 1. The number of hydrogen-bond acceptors (Lipinski definition) is 4. The second-order valence-corrected chi connectivity index (χ2v) is 3.21. The van der Waals surface area contributed by atoms with Crippen molar-refractivity contribution in [1.82, 2.24) is 5.32 Å². The molecule has 0 aliphatic rings. The minimum atomic E-state index is -0.873. The van der Waals surface area contributed by atoms with Crippen molar-refractivity contribution in [3.63, 3.8) is 0 Å². The van der Waals surface area contributed by atoms with Gasteiger partial charge >= 0.3 is 11.9 Å². The summed E-state index contributed by atoms with van der Waals surface area (Å²) in [6.07, 6.45) is 0. The molecule has 0 atom stereocenters. The number of rotatable bonds is 4. The maximum atomic E-state index is 11.3. The van der Waals surface area contributed by atoms with E-state index in [4.69, 9.17) is 4.74 Å². The van der Waals surface area contributed by atoms with Crippen LogP contribution < -0.4 is 10.1 Å². The number of para-hydroxylation sites is 1. The molecule has 5 nitrogen and oxygen atoms in total. The molecule has 0 aliphatic carbocycles. The molecule has 1 aromatic carbocycles. The largest absolute Gasteiger partial charge is 0.496 e. The first kappa shape index (κ1) is 13.0. The number of methoxy groups -OCH3 is 1. The summed E-state index contributed by atoms with van der Waals surface area (Å²) in [6, 6.07) is 7.25. The molecule has 0 saturated heterocycles. The summed E-state index contributed by atoms with van der Waals surface area (Å²) in [5.74, 6) is -0.961. The van der Waals surface area contributed by atoms with Crippen molar-refractivity contribution < 1.29 is 19.1 Å². The molecule has 0 aliphatic heterocycles. The molecule has 1 N–H and O–H groups in total. The number of esters is 1. The first-order valence-electron chi connectivity index (χ1n) is 5.25. The van der Waals surface area contributed by atoms with Crippen molar-refractivity contribution in [2.75, 3.05) is 13.7 Å². The summed E-state index contributed by atoms with van der Waals surface area (Å²) in [4.78, 5) is 22.3. The van der Waals surface area contributed by atoms with Crippen molar-refractivity contribution in [3.8, 4) is 5.75 Å². The van der Waals surface area contributed by atoms with Gasteiger partial charge in [0, 0.05) is 12.1 Å². The summed E-state index contributed by atoms with van der Waals surface area (Å²) in [6.45, 7) is 2.05. The van der Waals surface area contributed by atoms with Crippen LogP contribution in [0.5, 0.6) is 5.75 Å². The Morgan fingerprint density at radius 2 is 2.00 bits per heavy atom. The van der Waals surface area contributed by atoms with Crippen LogP contribution in [0.4, 0.5) is 0 Å². The maximum absolute atomic E-state index is 11.3. The first-order valence-corrected chi connectivity index (χ1v) is 5.25. The number of amides is 1. The van der Waals surface area contributed by atoms with E-state index < -0.39 is 11.9 Å². The molecule has 1 aromatic rings. The topological polar surface area (TPSA) is 64.6 Å². The molecular weight excluding hydrogens is 222 g/mol. The van der Waals surface area contributed by atoms with E-state index in [0.29, 0.717) is 5.75 Å². The predicted molar refractivity (Wildman–Crippen MR) is 61.5 cm³/mol. The fraction of sp³-hybridized carbons (Fsp3) is 0.333. The van der Waals surface area contributed by atoms with Gasteiger partial charge in [-0.25, -0.2) is 4.79 Å². The molecule has 1 rings (SSSR count). The van der Waals surface area contributed by atoms with Crippen LogP contribution in [0.15, 0.2) is 24.3 Å². The molecule has 17 heavy (non-hydrogen) atoms. The molecule has 92 valence electrons. The van der Waals surface area contributed by atoms with E-state index in [9.17, 15) is 9.59 Å². The Morgan fingerprint density at radius 1 is 1.29 bits per heavy atom. The number of carbonyl (C=O) groups excluding carboxylic acids is 2. The first-order chi connectivity index (χ1) is 8.19. The van der Waals surface area contributed by atoms with Gasteiger partial charge in [0.25, 0.3) is 0 Å². The Balaban J connectivity index is 2.55. The smallest absolute Gasteiger partial charge is 0.396 e. The third-order valence-corrected chi connectivity index (χ3v) is 2.09. The van der Waals surface area contributed by atoms with Crippen LogP contribution in [-0.4, -0.2) is 25.6 Å². The molecule has 0 aromatic heterocycles. The zero-order valence-corrected chi connectivity index (χ0v) is 9.86. The van der Waals surface area contributed by atoms with Gasteiger partial charge in [-0.2, -0.15) is 0 Å². The fourth-order valence-electron chi connectivity index (χ4n) is 1.29. The van der Waals surface area contributed by atoms with Gasteiger partial charge in [-0.15, -0.1) is 0 Å². The molecule has 0 fully saturated rings. The molecule has 0 spiro atoms.